The highest BCUT2D eigenvalue weighted by atomic mass is 16.6. The third-order valence-electron chi connectivity index (χ3n) is 8.76. The molecule has 1 aromatic heterocycles. The summed E-state index contributed by atoms with van der Waals surface area (Å²) in [5.41, 5.74) is 7.00. The normalized spacial score (nSPS) is 22.9. The monoisotopic (exact) mass is 520 g/mol. The van der Waals surface area contributed by atoms with Gasteiger partial charge in [0.1, 0.15) is 0 Å². The lowest BCUT2D eigenvalue weighted by atomic mass is 9.66. The predicted molar refractivity (Wildman–Crippen MR) is 146 cm³/mol. The summed E-state index contributed by atoms with van der Waals surface area (Å²) < 4.78 is 5.61. The average molecular weight is 521 g/mol. The van der Waals surface area contributed by atoms with Gasteiger partial charge in [-0.2, -0.15) is 0 Å². The first-order chi connectivity index (χ1) is 18.7. The molecule has 2 bridgehead atoms. The molecule has 8 nitrogen and oxygen atoms in total. The number of esters is 1. The zero-order valence-electron chi connectivity index (χ0n) is 21.9. The number of rotatable bonds is 4. The molecule has 2 amide bonds. The van der Waals surface area contributed by atoms with Crippen molar-refractivity contribution in [1.82, 2.24) is 20.8 Å². The first kappa shape index (κ1) is 24.7. The van der Waals surface area contributed by atoms with Crippen LogP contribution in [0.3, 0.4) is 0 Å². The summed E-state index contributed by atoms with van der Waals surface area (Å²) in [7, 11) is 0. The van der Waals surface area contributed by atoms with Gasteiger partial charge in [-0.1, -0.05) is 74.5 Å². The zero-order chi connectivity index (χ0) is 27.4. The summed E-state index contributed by atoms with van der Waals surface area (Å²) in [5, 5.41) is 0. The molecule has 4 aromatic rings. The fourth-order valence-corrected chi connectivity index (χ4v) is 5.82. The van der Waals surface area contributed by atoms with Crippen molar-refractivity contribution in [3.05, 3.63) is 84.4 Å². The van der Waals surface area contributed by atoms with Crippen LogP contribution in [0.15, 0.2) is 78.9 Å². The molecule has 8 heteroatoms. The number of carbonyl (C=O) groups is 3. The van der Waals surface area contributed by atoms with Crippen molar-refractivity contribution in [1.29, 1.82) is 0 Å². The Bertz CT molecular complexity index is 1640. The van der Waals surface area contributed by atoms with Gasteiger partial charge >= 0.3 is 5.97 Å². The second-order valence-corrected chi connectivity index (χ2v) is 10.9. The van der Waals surface area contributed by atoms with E-state index in [0.29, 0.717) is 35.1 Å². The number of hydrazine groups is 1. The molecule has 0 radical (unpaired) electrons. The number of ether oxygens (including phenoxy) is 1. The molecular weight excluding hydrogens is 492 g/mol. The van der Waals surface area contributed by atoms with Gasteiger partial charge in [0.15, 0.2) is 5.60 Å². The van der Waals surface area contributed by atoms with Crippen molar-refractivity contribution < 1.29 is 19.1 Å². The largest absolute Gasteiger partial charge is 0.448 e. The van der Waals surface area contributed by atoms with Crippen LogP contribution in [0.1, 0.15) is 44.0 Å². The second kappa shape index (κ2) is 8.73. The standard InChI is InChI=1S/C31H28N4O4/c1-29(2)30(3)16-17-31(29,39-28(30)38)27(37)35-34-26(36)21-14-15-22-23(18-21)33-25(20-12-8-5-9-13-20)24(32-22)19-10-6-4-7-11-19/h4-15,18H,16-17H2,1-3H3,(H,34,36)(H,35,37). The van der Waals surface area contributed by atoms with Gasteiger partial charge in [0.25, 0.3) is 11.8 Å². The number of fused-ring (bicyclic) bond motifs is 3. The summed E-state index contributed by atoms with van der Waals surface area (Å²) in [6.07, 6.45) is 0.958. The Kier molecular flexibility index (Phi) is 5.53. The maximum absolute atomic E-state index is 13.2. The molecule has 2 fully saturated rings. The van der Waals surface area contributed by atoms with Crippen LogP contribution in [0.4, 0.5) is 0 Å². The van der Waals surface area contributed by atoms with Crippen molar-refractivity contribution in [3.63, 3.8) is 0 Å². The third-order valence-corrected chi connectivity index (χ3v) is 8.76. The van der Waals surface area contributed by atoms with E-state index >= 15 is 0 Å². The highest BCUT2D eigenvalue weighted by Crippen LogP contribution is 2.65. The van der Waals surface area contributed by atoms with E-state index in [9.17, 15) is 14.4 Å². The Morgan fingerprint density at radius 2 is 1.36 bits per heavy atom. The fourth-order valence-electron chi connectivity index (χ4n) is 5.82. The molecule has 2 atom stereocenters. The molecule has 196 valence electrons. The minimum Gasteiger partial charge on any atom is -0.448 e. The SMILES string of the molecule is CC12CCC(C(=O)NNC(=O)c3ccc4nc(-c5ccccc5)c(-c5ccccc5)nc4c3)(OC1=O)C2(C)C. The molecule has 1 aliphatic heterocycles. The molecule has 2 heterocycles. The lowest BCUT2D eigenvalue weighted by Crippen LogP contribution is -2.57. The van der Waals surface area contributed by atoms with Gasteiger partial charge in [0.05, 0.1) is 27.8 Å². The molecule has 0 spiro atoms. The van der Waals surface area contributed by atoms with Gasteiger partial charge < -0.3 is 4.74 Å². The third kappa shape index (κ3) is 3.62. The van der Waals surface area contributed by atoms with Crippen LogP contribution in [0.2, 0.25) is 0 Å². The van der Waals surface area contributed by atoms with Gasteiger partial charge in [-0.15, -0.1) is 0 Å². The van der Waals surface area contributed by atoms with E-state index < -0.39 is 28.2 Å². The van der Waals surface area contributed by atoms with Crippen molar-refractivity contribution in [2.24, 2.45) is 10.8 Å². The summed E-state index contributed by atoms with van der Waals surface area (Å²) in [6, 6.07) is 24.6. The summed E-state index contributed by atoms with van der Waals surface area (Å²) >= 11 is 0. The number of aromatic nitrogens is 2. The van der Waals surface area contributed by atoms with E-state index in [0.717, 1.165) is 16.8 Å². The van der Waals surface area contributed by atoms with Crippen molar-refractivity contribution >= 4 is 28.8 Å². The van der Waals surface area contributed by atoms with E-state index in [1.165, 1.54) is 0 Å². The lowest BCUT2D eigenvalue weighted by molar-refractivity contribution is -0.168. The van der Waals surface area contributed by atoms with E-state index in [4.69, 9.17) is 14.7 Å². The highest BCUT2D eigenvalue weighted by Gasteiger charge is 2.75. The predicted octanol–water partition coefficient (Wildman–Crippen LogP) is 4.85. The van der Waals surface area contributed by atoms with Gasteiger partial charge in [0.2, 0.25) is 0 Å². The number of carbonyl (C=O) groups excluding carboxylic acids is 3. The van der Waals surface area contributed by atoms with Gasteiger partial charge in [0, 0.05) is 22.1 Å². The minimum absolute atomic E-state index is 0.306. The minimum atomic E-state index is -1.32. The van der Waals surface area contributed by atoms with Gasteiger partial charge in [-0.3, -0.25) is 25.2 Å². The van der Waals surface area contributed by atoms with E-state index in [1.54, 1.807) is 18.2 Å². The number of hydrogen-bond acceptors (Lipinski definition) is 6. The second-order valence-electron chi connectivity index (χ2n) is 10.9. The Morgan fingerprint density at radius 1 is 0.769 bits per heavy atom. The van der Waals surface area contributed by atoms with Crippen LogP contribution in [-0.4, -0.2) is 33.4 Å². The van der Waals surface area contributed by atoms with Crippen LogP contribution in [0.5, 0.6) is 0 Å². The Labute approximate surface area is 225 Å². The summed E-state index contributed by atoms with van der Waals surface area (Å²) in [5.74, 6) is -1.42. The molecule has 6 rings (SSSR count). The smallest absolute Gasteiger partial charge is 0.313 e. The van der Waals surface area contributed by atoms with E-state index in [2.05, 4.69) is 10.9 Å². The molecule has 2 unspecified atom stereocenters. The molecule has 1 aliphatic carbocycles. The van der Waals surface area contributed by atoms with Crippen molar-refractivity contribution in [2.75, 3.05) is 0 Å². The van der Waals surface area contributed by atoms with E-state index in [1.807, 2.05) is 81.4 Å². The maximum Gasteiger partial charge on any atom is 0.313 e. The van der Waals surface area contributed by atoms with Crippen LogP contribution in [0, 0.1) is 10.8 Å². The topological polar surface area (TPSA) is 110 Å². The Hall–Kier alpha value is -4.59. The zero-order valence-corrected chi connectivity index (χ0v) is 21.9. The van der Waals surface area contributed by atoms with Crippen LogP contribution in [0.25, 0.3) is 33.5 Å². The number of benzene rings is 3. The van der Waals surface area contributed by atoms with Crippen LogP contribution in [-0.2, 0) is 14.3 Å². The molecule has 1 saturated carbocycles. The number of nitrogens with one attached hydrogen (secondary N) is 2. The highest BCUT2D eigenvalue weighted by molar-refractivity contribution is 6.01. The average Bonchev–Trinajstić information content (AvgIpc) is 3.26. The summed E-state index contributed by atoms with van der Waals surface area (Å²) in [4.78, 5) is 48.6. The Morgan fingerprint density at radius 3 is 1.90 bits per heavy atom. The number of amides is 2. The number of hydrogen-bond donors (Lipinski definition) is 2. The van der Waals surface area contributed by atoms with Gasteiger partial charge in [-0.25, -0.2) is 9.97 Å². The first-order valence-electron chi connectivity index (χ1n) is 12.9. The molecule has 39 heavy (non-hydrogen) atoms. The van der Waals surface area contributed by atoms with Crippen LogP contribution < -0.4 is 10.9 Å². The maximum atomic E-state index is 13.2. The van der Waals surface area contributed by atoms with Crippen molar-refractivity contribution in [2.45, 2.75) is 39.2 Å². The fraction of sp³-hybridized carbons (Fsp3) is 0.258. The molecule has 2 N–H and O–H groups in total. The molecule has 2 aliphatic rings. The molecule has 1 saturated heterocycles. The molecule has 3 aromatic carbocycles. The summed E-state index contributed by atoms with van der Waals surface area (Å²) in [6.45, 7) is 5.56. The van der Waals surface area contributed by atoms with Gasteiger partial charge in [-0.05, 0) is 38.0 Å². The van der Waals surface area contributed by atoms with E-state index in [-0.39, 0.29) is 5.97 Å². The number of nitrogens with zero attached hydrogens (tertiary/aromatic N) is 2. The quantitative estimate of drug-likeness (QED) is 0.294. The van der Waals surface area contributed by atoms with Crippen LogP contribution >= 0.6 is 0 Å². The first-order valence-corrected chi connectivity index (χ1v) is 12.9. The molecular formula is C31H28N4O4. The lowest BCUT2D eigenvalue weighted by Gasteiger charge is -2.35. The Balaban J connectivity index is 1.29. The van der Waals surface area contributed by atoms with Crippen molar-refractivity contribution in [3.8, 4) is 22.5 Å².